The van der Waals surface area contributed by atoms with E-state index in [0.29, 0.717) is 12.5 Å². The van der Waals surface area contributed by atoms with Gasteiger partial charge >= 0.3 is 6.18 Å². The van der Waals surface area contributed by atoms with E-state index >= 15 is 13.2 Å². The topological polar surface area (TPSA) is 165 Å². The van der Waals surface area contributed by atoms with E-state index in [1.54, 1.807) is 0 Å². The second-order valence-corrected chi connectivity index (χ2v) is 13.7. The normalized spacial score (nSPS) is 26.5. The first-order chi connectivity index (χ1) is 22.5. The molecule has 0 radical (unpaired) electrons. The van der Waals surface area contributed by atoms with Gasteiger partial charge in [0.25, 0.3) is 5.91 Å². The van der Waals surface area contributed by atoms with Crippen molar-refractivity contribution in [3.63, 3.8) is 0 Å². The number of ketones is 2. The molecule has 6 rings (SSSR count). The zero-order chi connectivity index (χ0) is 35.0. The van der Waals surface area contributed by atoms with Crippen molar-refractivity contribution in [2.24, 2.45) is 23.5 Å². The Morgan fingerprint density at radius 2 is 1.75 bits per heavy atom. The summed E-state index contributed by atoms with van der Waals surface area (Å²) in [5.41, 5.74) is -0.313. The SMILES string of the molecule is CC(c1ccccc1)N(Cc1cc(O)c2c(c1C(F)(F)F)C[C@H]1C[C@H]3[C@H](N(C)C)C(=O)C(C(N)=O)=C(O)[C@@]3(O)C(=O)C1=C2O)CC1CC1. The summed E-state index contributed by atoms with van der Waals surface area (Å²) in [6.45, 7) is 2.30. The zero-order valence-electron chi connectivity index (χ0n) is 26.7. The van der Waals surface area contributed by atoms with E-state index in [4.69, 9.17) is 5.73 Å². The second kappa shape index (κ2) is 11.7. The fourth-order valence-corrected chi connectivity index (χ4v) is 8.01. The van der Waals surface area contributed by atoms with Crippen molar-refractivity contribution in [1.29, 1.82) is 0 Å². The van der Waals surface area contributed by atoms with Crippen molar-refractivity contribution >= 4 is 23.2 Å². The number of carbonyl (C=O) groups is 3. The number of halogens is 3. The average molecular weight is 670 g/mol. The lowest BCUT2D eigenvalue weighted by Crippen LogP contribution is -2.65. The van der Waals surface area contributed by atoms with Gasteiger partial charge in [0.15, 0.2) is 11.4 Å². The van der Waals surface area contributed by atoms with Crippen LogP contribution in [0.3, 0.4) is 0 Å². The van der Waals surface area contributed by atoms with E-state index in [-0.39, 0.29) is 24.6 Å². The Bertz CT molecular complexity index is 1770. The van der Waals surface area contributed by atoms with Crippen LogP contribution >= 0.6 is 0 Å². The lowest BCUT2D eigenvalue weighted by atomic mass is 9.57. The molecule has 0 aromatic heterocycles. The second-order valence-electron chi connectivity index (χ2n) is 13.7. The Labute approximate surface area is 274 Å². The van der Waals surface area contributed by atoms with Crippen LogP contribution in [0.25, 0.3) is 5.76 Å². The van der Waals surface area contributed by atoms with E-state index in [1.165, 1.54) is 19.0 Å². The number of aliphatic hydroxyl groups excluding tert-OH is 2. The number of benzene rings is 2. The molecule has 2 saturated carbocycles. The largest absolute Gasteiger partial charge is 0.508 e. The van der Waals surface area contributed by atoms with Crippen LogP contribution in [0.4, 0.5) is 13.2 Å². The summed E-state index contributed by atoms with van der Waals surface area (Å²) in [6.07, 6.45) is -3.76. The van der Waals surface area contributed by atoms with Gasteiger partial charge in [0, 0.05) is 30.6 Å². The molecule has 0 saturated heterocycles. The first-order valence-electron chi connectivity index (χ1n) is 15.9. The first-order valence-corrected chi connectivity index (χ1v) is 15.9. The minimum Gasteiger partial charge on any atom is -0.508 e. The third-order valence-electron chi connectivity index (χ3n) is 10.5. The molecular formula is C35H38F3N3O7. The number of rotatable bonds is 8. The third kappa shape index (κ3) is 5.28. The van der Waals surface area contributed by atoms with E-state index in [2.05, 4.69) is 0 Å². The number of hydrogen-bond donors (Lipinski definition) is 5. The molecule has 0 aliphatic heterocycles. The van der Waals surface area contributed by atoms with Crippen LogP contribution in [0, 0.1) is 17.8 Å². The van der Waals surface area contributed by atoms with Crippen molar-refractivity contribution in [3.8, 4) is 5.75 Å². The highest BCUT2D eigenvalue weighted by atomic mass is 19.4. The van der Waals surface area contributed by atoms with Crippen molar-refractivity contribution in [3.05, 3.63) is 81.1 Å². The number of fused-ring (bicyclic) bond motifs is 3. The molecule has 4 aliphatic carbocycles. The summed E-state index contributed by atoms with van der Waals surface area (Å²) >= 11 is 0. The predicted octanol–water partition coefficient (Wildman–Crippen LogP) is 3.96. The Balaban J connectivity index is 1.50. The number of nitrogens with two attached hydrogens (primary N) is 1. The molecule has 1 amide bonds. The van der Waals surface area contributed by atoms with Gasteiger partial charge in [-0.25, -0.2) is 0 Å². The van der Waals surface area contributed by atoms with E-state index in [0.717, 1.165) is 24.5 Å². The number of Topliss-reactive ketones (excluding diaryl/α,β-unsaturated/α-hetero) is 2. The molecule has 13 heteroatoms. The summed E-state index contributed by atoms with van der Waals surface area (Å²) < 4.78 is 45.4. The molecule has 48 heavy (non-hydrogen) atoms. The van der Waals surface area contributed by atoms with Crippen LogP contribution in [0.5, 0.6) is 5.75 Å². The summed E-state index contributed by atoms with van der Waals surface area (Å²) in [5, 5.41) is 45.5. The summed E-state index contributed by atoms with van der Waals surface area (Å²) in [4.78, 5) is 42.8. The van der Waals surface area contributed by atoms with E-state index in [1.807, 2.05) is 42.2 Å². The zero-order valence-corrected chi connectivity index (χ0v) is 26.7. The third-order valence-corrected chi connectivity index (χ3v) is 10.5. The Morgan fingerprint density at radius 1 is 1.10 bits per heavy atom. The van der Waals surface area contributed by atoms with E-state index in [9.17, 15) is 34.8 Å². The number of phenolic OH excluding ortho intramolecular Hbond substituents is 1. The maximum absolute atomic E-state index is 15.1. The van der Waals surface area contributed by atoms with Crippen molar-refractivity contribution in [2.75, 3.05) is 20.6 Å². The van der Waals surface area contributed by atoms with Gasteiger partial charge in [-0.2, -0.15) is 13.2 Å². The highest BCUT2D eigenvalue weighted by Gasteiger charge is 2.64. The molecule has 6 N–H and O–H groups in total. The number of likely N-dealkylation sites (N-methyl/N-ethyl adjacent to an activating group) is 1. The number of amides is 1. The highest BCUT2D eigenvalue weighted by molar-refractivity contribution is 6.24. The first kappa shape index (κ1) is 33.7. The van der Waals surface area contributed by atoms with Gasteiger partial charge in [-0.3, -0.25) is 24.2 Å². The molecule has 0 heterocycles. The van der Waals surface area contributed by atoms with Gasteiger partial charge < -0.3 is 26.2 Å². The monoisotopic (exact) mass is 669 g/mol. The van der Waals surface area contributed by atoms with Crippen molar-refractivity contribution in [2.45, 2.75) is 63.0 Å². The van der Waals surface area contributed by atoms with Gasteiger partial charge in [0.05, 0.1) is 17.2 Å². The number of primary amides is 1. The van der Waals surface area contributed by atoms with Crippen LogP contribution in [0.15, 0.2) is 53.3 Å². The number of alkyl halides is 3. The molecule has 5 atom stereocenters. The number of nitrogens with zero attached hydrogens (tertiary/aromatic N) is 2. The summed E-state index contributed by atoms with van der Waals surface area (Å²) in [6, 6.07) is 8.74. The molecule has 2 aromatic carbocycles. The number of hydrogen-bond acceptors (Lipinski definition) is 9. The molecule has 4 aliphatic rings. The Morgan fingerprint density at radius 3 is 2.31 bits per heavy atom. The molecular weight excluding hydrogens is 631 g/mol. The lowest BCUT2D eigenvalue weighted by Gasteiger charge is -2.50. The molecule has 0 spiro atoms. The van der Waals surface area contributed by atoms with Gasteiger partial charge in [-0.05, 0) is 81.3 Å². The minimum absolute atomic E-state index is 0.155. The Hall–Kier alpha value is -4.20. The van der Waals surface area contributed by atoms with Crippen molar-refractivity contribution in [1.82, 2.24) is 9.80 Å². The van der Waals surface area contributed by atoms with Crippen LogP contribution in [0.1, 0.15) is 60.0 Å². The quantitative estimate of drug-likeness (QED) is 0.262. The van der Waals surface area contributed by atoms with Crippen LogP contribution in [-0.4, -0.2) is 80.0 Å². The molecule has 2 aromatic rings. The van der Waals surface area contributed by atoms with Crippen molar-refractivity contribution < 1.29 is 48.0 Å². The van der Waals surface area contributed by atoms with Crippen LogP contribution in [-0.2, 0) is 33.5 Å². The summed E-state index contributed by atoms with van der Waals surface area (Å²) in [5.74, 6) is -8.72. The van der Waals surface area contributed by atoms with Crippen LogP contribution < -0.4 is 5.73 Å². The maximum Gasteiger partial charge on any atom is 0.417 e. The number of phenols is 1. The van der Waals surface area contributed by atoms with Gasteiger partial charge in [-0.1, -0.05) is 30.3 Å². The minimum atomic E-state index is -4.92. The number of aromatic hydroxyl groups is 1. The molecule has 256 valence electrons. The molecule has 10 nitrogen and oxygen atoms in total. The smallest absolute Gasteiger partial charge is 0.417 e. The predicted molar refractivity (Wildman–Crippen MR) is 167 cm³/mol. The number of aliphatic hydroxyl groups is 3. The standard InChI is InChI=1S/C35H38F3N3O7/c1-16(18-7-5-4-6-8-18)41(14-17-9-10-17)15-20-13-23(42)25-21(27(20)35(36,37)38)11-19-12-22-28(40(2)3)30(44)26(33(39)47)32(46)34(22,48)31(45)24(19)29(25)43/h4-8,13,16-17,19,22,28,42-43,46,48H,9-12,14-15H2,1-3H3,(H2,39,47)/t16?,19-,22-,28-,34-/m0/s1. The maximum atomic E-state index is 15.1. The van der Waals surface area contributed by atoms with Gasteiger partial charge in [-0.15, -0.1) is 0 Å². The molecule has 1 unspecified atom stereocenters. The summed E-state index contributed by atoms with van der Waals surface area (Å²) in [7, 11) is 2.90. The van der Waals surface area contributed by atoms with Gasteiger partial charge in [0.1, 0.15) is 22.8 Å². The number of carbonyl (C=O) groups excluding carboxylic acids is 3. The van der Waals surface area contributed by atoms with E-state index < -0.39 is 98.7 Å². The lowest BCUT2D eigenvalue weighted by molar-refractivity contribution is -0.153. The Kier molecular flexibility index (Phi) is 8.24. The molecule has 0 bridgehead atoms. The van der Waals surface area contributed by atoms with Crippen LogP contribution in [0.2, 0.25) is 0 Å². The van der Waals surface area contributed by atoms with Gasteiger partial charge in [0.2, 0.25) is 5.78 Å². The molecule has 2 fully saturated rings. The average Bonchev–Trinajstić information content (AvgIpc) is 3.81. The highest BCUT2D eigenvalue weighted by Crippen LogP contribution is 2.54. The fourth-order valence-electron chi connectivity index (χ4n) is 8.01. The fraction of sp³-hybridized carbons (Fsp3) is 0.457.